The summed E-state index contributed by atoms with van der Waals surface area (Å²) in [5.41, 5.74) is 1.59. The minimum absolute atomic E-state index is 0.0727. The van der Waals surface area contributed by atoms with E-state index >= 15 is 0 Å². The number of hydrogen-bond acceptors (Lipinski definition) is 6. The van der Waals surface area contributed by atoms with Gasteiger partial charge in [0, 0.05) is 31.6 Å². The number of rotatable bonds is 9. The lowest BCUT2D eigenvalue weighted by molar-refractivity contribution is 0.0365. The molecule has 1 saturated heterocycles. The Hall–Kier alpha value is -2.81. The summed E-state index contributed by atoms with van der Waals surface area (Å²) < 4.78 is 22.7. The molecule has 2 aromatic carbocycles. The SMILES string of the molecule is COc1ccccc1NC(=S)N(CCCN1CCOCC1)C(C)c1cc2cccc(OC)c2o1. The number of hydrogen-bond donors (Lipinski definition) is 1. The van der Waals surface area contributed by atoms with E-state index in [0.717, 1.165) is 79.7 Å². The third-order valence-electron chi connectivity index (χ3n) is 6.21. The molecule has 3 aromatic rings. The highest BCUT2D eigenvalue weighted by molar-refractivity contribution is 7.80. The van der Waals surface area contributed by atoms with Gasteiger partial charge in [-0.3, -0.25) is 4.90 Å². The third-order valence-corrected chi connectivity index (χ3v) is 6.55. The lowest BCUT2D eigenvalue weighted by Crippen LogP contribution is -2.41. The first-order valence-corrected chi connectivity index (χ1v) is 12.1. The van der Waals surface area contributed by atoms with Gasteiger partial charge in [-0.05, 0) is 49.8 Å². The minimum Gasteiger partial charge on any atom is -0.495 e. The number of nitrogens with zero attached hydrogens (tertiary/aromatic N) is 2. The number of furan rings is 1. The summed E-state index contributed by atoms with van der Waals surface area (Å²) in [6, 6.07) is 15.7. The number of nitrogens with one attached hydrogen (secondary N) is 1. The Morgan fingerprint density at radius 3 is 2.59 bits per heavy atom. The van der Waals surface area contributed by atoms with Crippen molar-refractivity contribution in [2.45, 2.75) is 19.4 Å². The van der Waals surface area contributed by atoms with Crippen LogP contribution in [0.15, 0.2) is 52.9 Å². The van der Waals surface area contributed by atoms with Crippen molar-refractivity contribution in [2.75, 3.05) is 58.9 Å². The molecule has 4 rings (SSSR count). The largest absolute Gasteiger partial charge is 0.495 e. The fourth-order valence-corrected chi connectivity index (χ4v) is 4.63. The Morgan fingerprint density at radius 2 is 1.82 bits per heavy atom. The number of methoxy groups -OCH3 is 2. The molecule has 1 fully saturated rings. The Bertz CT molecular complexity index is 1100. The topological polar surface area (TPSA) is 59.3 Å². The van der Waals surface area contributed by atoms with Crippen LogP contribution in [-0.4, -0.2) is 68.5 Å². The summed E-state index contributed by atoms with van der Waals surface area (Å²) in [5.74, 6) is 2.32. The van der Waals surface area contributed by atoms with Gasteiger partial charge in [0.05, 0.1) is 39.2 Å². The number of para-hydroxylation sites is 3. The van der Waals surface area contributed by atoms with E-state index in [-0.39, 0.29) is 6.04 Å². The number of benzene rings is 2. The highest BCUT2D eigenvalue weighted by atomic mass is 32.1. The molecule has 0 saturated carbocycles. The van der Waals surface area contributed by atoms with Gasteiger partial charge in [-0.2, -0.15) is 0 Å². The monoisotopic (exact) mass is 483 g/mol. The second-order valence-electron chi connectivity index (χ2n) is 8.33. The molecule has 8 heteroatoms. The van der Waals surface area contributed by atoms with Crippen LogP contribution in [0.3, 0.4) is 0 Å². The summed E-state index contributed by atoms with van der Waals surface area (Å²) in [7, 11) is 3.32. The Kier molecular flexibility index (Phi) is 8.26. The molecule has 0 spiro atoms. The number of thiocarbonyl (C=S) groups is 1. The quantitative estimate of drug-likeness (QED) is 0.430. The first kappa shape index (κ1) is 24.3. The molecule has 0 radical (unpaired) electrons. The van der Waals surface area contributed by atoms with E-state index in [9.17, 15) is 0 Å². The van der Waals surface area contributed by atoms with Gasteiger partial charge in [-0.15, -0.1) is 0 Å². The summed E-state index contributed by atoms with van der Waals surface area (Å²) in [6.07, 6.45) is 0.974. The first-order valence-electron chi connectivity index (χ1n) is 11.7. The zero-order valence-electron chi connectivity index (χ0n) is 20.1. The standard InChI is InChI=1S/C26H33N3O4S/c1-19(24-18-20-8-6-11-23(31-3)25(20)33-24)29(13-7-12-28-14-16-32-17-15-28)26(34)27-21-9-4-5-10-22(21)30-2/h4-6,8-11,18-19H,7,12-17H2,1-3H3,(H,27,34). The molecule has 0 amide bonds. The van der Waals surface area contributed by atoms with Gasteiger partial charge in [-0.25, -0.2) is 0 Å². The minimum atomic E-state index is -0.0727. The van der Waals surface area contributed by atoms with Crippen molar-refractivity contribution in [3.05, 3.63) is 54.3 Å². The number of ether oxygens (including phenoxy) is 3. The molecule has 34 heavy (non-hydrogen) atoms. The molecule has 1 atom stereocenters. The molecule has 1 aliphatic heterocycles. The third kappa shape index (κ3) is 5.63. The summed E-state index contributed by atoms with van der Waals surface area (Å²) in [6.45, 7) is 7.45. The van der Waals surface area contributed by atoms with Crippen LogP contribution in [0.2, 0.25) is 0 Å². The summed E-state index contributed by atoms with van der Waals surface area (Å²) in [4.78, 5) is 4.63. The molecule has 0 aliphatic carbocycles. The number of fused-ring (bicyclic) bond motifs is 1. The molecule has 1 aromatic heterocycles. The lowest BCUT2D eigenvalue weighted by atomic mass is 10.2. The van der Waals surface area contributed by atoms with Gasteiger partial charge in [0.25, 0.3) is 0 Å². The van der Waals surface area contributed by atoms with Crippen molar-refractivity contribution < 1.29 is 18.6 Å². The van der Waals surface area contributed by atoms with E-state index in [1.165, 1.54) is 0 Å². The predicted molar refractivity (Wildman–Crippen MR) is 139 cm³/mol. The molecule has 7 nitrogen and oxygen atoms in total. The highest BCUT2D eigenvalue weighted by Crippen LogP contribution is 2.33. The highest BCUT2D eigenvalue weighted by Gasteiger charge is 2.24. The lowest BCUT2D eigenvalue weighted by Gasteiger charge is -2.32. The molecule has 1 unspecified atom stereocenters. The van der Waals surface area contributed by atoms with Crippen LogP contribution in [0.4, 0.5) is 5.69 Å². The van der Waals surface area contributed by atoms with Crippen LogP contribution >= 0.6 is 12.2 Å². The predicted octanol–water partition coefficient (Wildman–Crippen LogP) is 4.93. The van der Waals surface area contributed by atoms with E-state index < -0.39 is 0 Å². The maximum atomic E-state index is 6.27. The van der Waals surface area contributed by atoms with Gasteiger partial charge in [0.1, 0.15) is 11.5 Å². The average molecular weight is 484 g/mol. The molecule has 1 aliphatic rings. The second-order valence-corrected chi connectivity index (χ2v) is 8.72. The van der Waals surface area contributed by atoms with E-state index in [0.29, 0.717) is 5.11 Å². The second kappa shape index (κ2) is 11.6. The molecular formula is C26H33N3O4S. The Morgan fingerprint density at radius 1 is 1.09 bits per heavy atom. The zero-order chi connectivity index (χ0) is 23.9. The fraction of sp³-hybridized carbons (Fsp3) is 0.423. The van der Waals surface area contributed by atoms with Crippen molar-refractivity contribution in [3.63, 3.8) is 0 Å². The van der Waals surface area contributed by atoms with Crippen LogP contribution in [0, 0.1) is 0 Å². The van der Waals surface area contributed by atoms with Crippen molar-refractivity contribution >= 4 is 34.0 Å². The molecule has 182 valence electrons. The maximum absolute atomic E-state index is 6.27. The Balaban J connectivity index is 1.54. The first-order chi connectivity index (χ1) is 16.6. The van der Waals surface area contributed by atoms with Gasteiger partial charge in [0.2, 0.25) is 0 Å². The van der Waals surface area contributed by atoms with Gasteiger partial charge in [-0.1, -0.05) is 24.3 Å². The van der Waals surface area contributed by atoms with Crippen molar-refractivity contribution in [2.24, 2.45) is 0 Å². The fourth-order valence-electron chi connectivity index (χ4n) is 4.27. The van der Waals surface area contributed by atoms with Crippen LogP contribution in [0.5, 0.6) is 11.5 Å². The molecular weight excluding hydrogens is 450 g/mol. The summed E-state index contributed by atoms with van der Waals surface area (Å²) >= 11 is 5.90. The van der Waals surface area contributed by atoms with Gasteiger partial charge in [0.15, 0.2) is 16.4 Å². The zero-order valence-corrected chi connectivity index (χ0v) is 20.9. The van der Waals surface area contributed by atoms with E-state index in [4.69, 9.17) is 30.8 Å². The smallest absolute Gasteiger partial charge is 0.176 e. The average Bonchev–Trinajstić information content (AvgIpc) is 3.32. The molecule has 2 heterocycles. The normalized spacial score (nSPS) is 15.1. The van der Waals surface area contributed by atoms with Crippen LogP contribution in [0.25, 0.3) is 11.0 Å². The van der Waals surface area contributed by atoms with Crippen molar-refractivity contribution in [3.8, 4) is 11.5 Å². The molecule has 1 N–H and O–H groups in total. The van der Waals surface area contributed by atoms with Crippen LogP contribution in [0.1, 0.15) is 25.1 Å². The number of anilines is 1. The summed E-state index contributed by atoms with van der Waals surface area (Å²) in [5, 5.41) is 5.03. The van der Waals surface area contributed by atoms with Crippen molar-refractivity contribution in [1.29, 1.82) is 0 Å². The maximum Gasteiger partial charge on any atom is 0.176 e. The van der Waals surface area contributed by atoms with Gasteiger partial charge >= 0.3 is 0 Å². The van der Waals surface area contributed by atoms with Crippen LogP contribution in [-0.2, 0) is 4.74 Å². The van der Waals surface area contributed by atoms with Crippen molar-refractivity contribution in [1.82, 2.24) is 9.80 Å². The van der Waals surface area contributed by atoms with E-state index in [1.807, 2.05) is 42.5 Å². The van der Waals surface area contributed by atoms with E-state index in [1.54, 1.807) is 14.2 Å². The van der Waals surface area contributed by atoms with E-state index in [2.05, 4.69) is 28.1 Å². The molecule has 0 bridgehead atoms. The number of morpholine rings is 1. The Labute approximate surface area is 206 Å². The van der Waals surface area contributed by atoms with Gasteiger partial charge < -0.3 is 28.8 Å². The van der Waals surface area contributed by atoms with Crippen LogP contribution < -0.4 is 14.8 Å².